The molecule has 0 spiro atoms. The van der Waals surface area contributed by atoms with E-state index < -0.39 is 5.91 Å². The third-order valence-electron chi connectivity index (χ3n) is 1.84. The van der Waals surface area contributed by atoms with Crippen molar-refractivity contribution >= 4 is 5.91 Å². The Morgan fingerprint density at radius 1 is 1.44 bits per heavy atom. The van der Waals surface area contributed by atoms with Crippen LogP contribution in [0.25, 0.3) is 0 Å². The van der Waals surface area contributed by atoms with Crippen LogP contribution in [-0.4, -0.2) is 35.6 Å². The maximum absolute atomic E-state index is 11.0. The van der Waals surface area contributed by atoms with Crippen molar-refractivity contribution in [1.29, 1.82) is 0 Å². The number of carbonyl (C=O) groups excluding carboxylic acids is 1. The highest BCUT2D eigenvalue weighted by molar-refractivity contribution is 5.92. The van der Waals surface area contributed by atoms with Gasteiger partial charge in [-0.3, -0.25) is 4.79 Å². The normalized spacial score (nSPS) is 10.1. The van der Waals surface area contributed by atoms with Crippen molar-refractivity contribution in [2.75, 3.05) is 19.7 Å². The highest BCUT2D eigenvalue weighted by atomic mass is 16.5. The molecule has 0 radical (unpaired) electrons. The maximum atomic E-state index is 11.0. The molecule has 0 aromatic carbocycles. The van der Waals surface area contributed by atoms with Crippen LogP contribution < -0.4 is 15.8 Å². The van der Waals surface area contributed by atoms with Gasteiger partial charge in [0.15, 0.2) is 5.69 Å². The first kappa shape index (κ1) is 12.4. The zero-order chi connectivity index (χ0) is 11.8. The van der Waals surface area contributed by atoms with Crippen LogP contribution >= 0.6 is 0 Å². The molecule has 0 aliphatic heterocycles. The molecule has 0 fully saturated rings. The molecule has 0 saturated carbocycles. The zero-order valence-electron chi connectivity index (χ0n) is 9.27. The first-order valence-corrected chi connectivity index (χ1v) is 5.20. The van der Waals surface area contributed by atoms with Crippen molar-refractivity contribution in [3.8, 4) is 5.88 Å². The van der Waals surface area contributed by atoms with Crippen LogP contribution in [0, 0.1) is 0 Å². The van der Waals surface area contributed by atoms with Crippen molar-refractivity contribution in [1.82, 2.24) is 15.3 Å². The lowest BCUT2D eigenvalue weighted by Crippen LogP contribution is -2.23. The third-order valence-corrected chi connectivity index (χ3v) is 1.84. The highest BCUT2D eigenvalue weighted by Crippen LogP contribution is 2.09. The van der Waals surface area contributed by atoms with E-state index in [1.165, 1.54) is 12.4 Å². The molecular formula is C10H16N4O2. The minimum Gasteiger partial charge on any atom is -0.475 e. The van der Waals surface area contributed by atoms with Crippen molar-refractivity contribution in [3.63, 3.8) is 0 Å². The number of nitrogens with one attached hydrogen (secondary N) is 1. The molecule has 88 valence electrons. The van der Waals surface area contributed by atoms with Gasteiger partial charge < -0.3 is 15.8 Å². The van der Waals surface area contributed by atoms with E-state index >= 15 is 0 Å². The summed E-state index contributed by atoms with van der Waals surface area (Å²) in [4.78, 5) is 18.7. The number of primary amides is 1. The molecule has 1 aromatic rings. The Bertz CT molecular complexity index is 343. The van der Waals surface area contributed by atoms with E-state index in [4.69, 9.17) is 10.5 Å². The first-order chi connectivity index (χ1) is 7.75. The van der Waals surface area contributed by atoms with E-state index in [9.17, 15) is 4.79 Å². The summed E-state index contributed by atoms with van der Waals surface area (Å²) < 4.78 is 5.31. The second kappa shape index (κ2) is 6.73. The van der Waals surface area contributed by atoms with Crippen LogP contribution in [0.4, 0.5) is 0 Å². The first-order valence-electron chi connectivity index (χ1n) is 5.20. The summed E-state index contributed by atoms with van der Waals surface area (Å²) in [5.41, 5.74) is 5.20. The van der Waals surface area contributed by atoms with Crippen molar-refractivity contribution in [2.24, 2.45) is 5.73 Å². The monoisotopic (exact) mass is 224 g/mol. The zero-order valence-corrected chi connectivity index (χ0v) is 9.27. The Morgan fingerprint density at radius 3 is 2.88 bits per heavy atom. The van der Waals surface area contributed by atoms with Gasteiger partial charge in [0.2, 0.25) is 5.88 Å². The van der Waals surface area contributed by atoms with E-state index in [-0.39, 0.29) is 11.6 Å². The largest absolute Gasteiger partial charge is 0.475 e. The van der Waals surface area contributed by atoms with Gasteiger partial charge in [-0.1, -0.05) is 6.92 Å². The summed E-state index contributed by atoms with van der Waals surface area (Å²) >= 11 is 0. The molecule has 3 N–H and O–H groups in total. The van der Waals surface area contributed by atoms with Crippen molar-refractivity contribution in [3.05, 3.63) is 18.1 Å². The molecule has 0 bridgehead atoms. The second-order valence-corrected chi connectivity index (χ2v) is 3.17. The topological polar surface area (TPSA) is 90.1 Å². The summed E-state index contributed by atoms with van der Waals surface area (Å²) in [6.45, 7) is 4.15. The van der Waals surface area contributed by atoms with Crippen molar-refractivity contribution < 1.29 is 9.53 Å². The van der Waals surface area contributed by atoms with Gasteiger partial charge >= 0.3 is 0 Å². The number of hydrogen-bond donors (Lipinski definition) is 2. The highest BCUT2D eigenvalue weighted by Gasteiger charge is 2.11. The van der Waals surface area contributed by atoms with Crippen LogP contribution in [-0.2, 0) is 0 Å². The smallest absolute Gasteiger partial charge is 0.272 e. The van der Waals surface area contributed by atoms with Gasteiger partial charge in [-0.25, -0.2) is 9.97 Å². The third kappa shape index (κ3) is 3.82. The maximum Gasteiger partial charge on any atom is 0.272 e. The number of nitrogens with zero attached hydrogens (tertiary/aromatic N) is 2. The van der Waals surface area contributed by atoms with Gasteiger partial charge in [-0.05, 0) is 13.0 Å². The predicted molar refractivity (Wildman–Crippen MR) is 59.2 cm³/mol. The van der Waals surface area contributed by atoms with E-state index in [1.807, 2.05) is 0 Å². The lowest BCUT2D eigenvalue weighted by Gasteiger charge is -2.07. The van der Waals surface area contributed by atoms with Gasteiger partial charge in [0, 0.05) is 18.9 Å². The van der Waals surface area contributed by atoms with Crippen LogP contribution in [0.2, 0.25) is 0 Å². The fourth-order valence-corrected chi connectivity index (χ4v) is 1.12. The molecule has 0 aliphatic rings. The SMILES string of the molecule is CCCNCCOc1nccnc1C(N)=O. The summed E-state index contributed by atoms with van der Waals surface area (Å²) in [7, 11) is 0. The molecule has 0 saturated heterocycles. The fraction of sp³-hybridized carbons (Fsp3) is 0.500. The molecule has 1 aromatic heterocycles. The number of nitrogens with two attached hydrogens (primary N) is 1. The lowest BCUT2D eigenvalue weighted by atomic mass is 10.4. The Hall–Kier alpha value is -1.69. The number of aromatic nitrogens is 2. The minimum absolute atomic E-state index is 0.0676. The predicted octanol–water partition coefficient (Wildman–Crippen LogP) is -0.0461. The van der Waals surface area contributed by atoms with Gasteiger partial charge in [0.25, 0.3) is 5.91 Å². The average molecular weight is 224 g/mol. The molecule has 0 atom stereocenters. The van der Waals surface area contributed by atoms with Crippen LogP contribution in [0.15, 0.2) is 12.4 Å². The molecule has 6 nitrogen and oxygen atoms in total. The van der Waals surface area contributed by atoms with Gasteiger partial charge in [-0.15, -0.1) is 0 Å². The number of amides is 1. The van der Waals surface area contributed by atoms with E-state index in [1.54, 1.807) is 0 Å². The lowest BCUT2D eigenvalue weighted by molar-refractivity contribution is 0.0990. The van der Waals surface area contributed by atoms with Gasteiger partial charge in [0.05, 0.1) is 0 Å². The Morgan fingerprint density at radius 2 is 2.19 bits per heavy atom. The molecular weight excluding hydrogens is 208 g/mol. The number of hydrogen-bond acceptors (Lipinski definition) is 5. The van der Waals surface area contributed by atoms with Gasteiger partial charge in [0.1, 0.15) is 6.61 Å². The molecule has 6 heteroatoms. The fourth-order valence-electron chi connectivity index (χ4n) is 1.12. The molecule has 0 aliphatic carbocycles. The number of rotatable bonds is 7. The van der Waals surface area contributed by atoms with Crippen LogP contribution in [0.3, 0.4) is 0 Å². The summed E-state index contributed by atoms with van der Waals surface area (Å²) in [5, 5.41) is 3.16. The molecule has 1 amide bonds. The Balaban J connectivity index is 2.44. The molecule has 1 heterocycles. The minimum atomic E-state index is -0.635. The average Bonchev–Trinajstić information content (AvgIpc) is 2.29. The summed E-state index contributed by atoms with van der Waals surface area (Å²) in [6, 6.07) is 0. The molecule has 0 unspecified atom stereocenters. The van der Waals surface area contributed by atoms with E-state index in [0.29, 0.717) is 13.2 Å². The van der Waals surface area contributed by atoms with E-state index in [0.717, 1.165) is 13.0 Å². The molecule has 1 rings (SSSR count). The van der Waals surface area contributed by atoms with Crippen molar-refractivity contribution in [2.45, 2.75) is 13.3 Å². The van der Waals surface area contributed by atoms with Crippen LogP contribution in [0.5, 0.6) is 5.88 Å². The number of carbonyl (C=O) groups is 1. The van der Waals surface area contributed by atoms with E-state index in [2.05, 4.69) is 22.2 Å². The summed E-state index contributed by atoms with van der Waals surface area (Å²) in [6.07, 6.45) is 3.93. The Kier molecular flexibility index (Phi) is 5.21. The number of ether oxygens (including phenoxy) is 1. The Labute approximate surface area is 94.2 Å². The summed E-state index contributed by atoms with van der Waals surface area (Å²) in [5.74, 6) is -0.446. The second-order valence-electron chi connectivity index (χ2n) is 3.17. The van der Waals surface area contributed by atoms with Gasteiger partial charge in [-0.2, -0.15) is 0 Å². The quantitative estimate of drug-likeness (QED) is 0.634. The van der Waals surface area contributed by atoms with Crippen LogP contribution in [0.1, 0.15) is 23.8 Å². The molecule has 16 heavy (non-hydrogen) atoms. The standard InChI is InChI=1S/C10H16N4O2/c1-2-3-12-6-7-16-10-8(9(11)15)13-4-5-14-10/h4-5,12H,2-3,6-7H2,1H3,(H2,11,15).